The fourth-order valence-corrected chi connectivity index (χ4v) is 1.71. The molecule has 1 fully saturated rings. The number of hydrogen-bond acceptors (Lipinski definition) is 3. The molecule has 5 nitrogen and oxygen atoms in total. The van der Waals surface area contributed by atoms with Gasteiger partial charge in [0, 0.05) is 18.8 Å². The van der Waals surface area contributed by atoms with E-state index in [1.54, 1.807) is 17.0 Å². The number of benzene rings is 1. The Morgan fingerprint density at radius 2 is 1.94 bits per heavy atom. The van der Waals surface area contributed by atoms with Gasteiger partial charge in [-0.3, -0.25) is 4.90 Å². The van der Waals surface area contributed by atoms with E-state index < -0.39 is 0 Å². The van der Waals surface area contributed by atoms with Crippen molar-refractivity contribution in [3.8, 4) is 5.75 Å². The first-order valence-electron chi connectivity index (χ1n) is 5.01. The van der Waals surface area contributed by atoms with Crippen LogP contribution < -0.4 is 4.90 Å². The topological polar surface area (TPSA) is 60.9 Å². The van der Waals surface area contributed by atoms with Gasteiger partial charge in [-0.2, -0.15) is 0 Å². The molecular formula is C11H12N2O3. The number of carbonyl (C=O) groups excluding carboxylic acids is 2. The average molecular weight is 220 g/mol. The van der Waals surface area contributed by atoms with Gasteiger partial charge < -0.3 is 14.8 Å². The Labute approximate surface area is 92.9 Å². The van der Waals surface area contributed by atoms with Gasteiger partial charge in [-0.15, -0.1) is 0 Å². The molecule has 0 radical (unpaired) electrons. The minimum atomic E-state index is -0.169. The molecule has 1 heterocycles. The van der Waals surface area contributed by atoms with Crippen LogP contribution in [0.4, 0.5) is 10.5 Å². The molecule has 1 aliphatic heterocycles. The first-order valence-corrected chi connectivity index (χ1v) is 5.01. The van der Waals surface area contributed by atoms with E-state index in [0.717, 1.165) is 12.0 Å². The summed E-state index contributed by atoms with van der Waals surface area (Å²) >= 11 is 0. The van der Waals surface area contributed by atoms with E-state index >= 15 is 0 Å². The number of amides is 2. The van der Waals surface area contributed by atoms with Crippen LogP contribution in [0.3, 0.4) is 0 Å². The minimum absolute atomic E-state index is 0.132. The number of phenolic OH excluding ortho intramolecular Hbond substituents is 1. The molecule has 5 heteroatoms. The van der Waals surface area contributed by atoms with Crippen LogP contribution in [0.2, 0.25) is 0 Å². The molecule has 2 rings (SSSR count). The lowest BCUT2D eigenvalue weighted by Gasteiger charge is -2.16. The van der Waals surface area contributed by atoms with E-state index in [0.29, 0.717) is 13.1 Å². The predicted molar refractivity (Wildman–Crippen MR) is 58.5 cm³/mol. The van der Waals surface area contributed by atoms with Gasteiger partial charge in [-0.25, -0.2) is 4.79 Å². The second-order valence-electron chi connectivity index (χ2n) is 3.56. The highest BCUT2D eigenvalue weighted by Crippen LogP contribution is 2.22. The SMILES string of the molecule is O=CCN1CCN(c2ccc(O)cc2)C1=O. The summed E-state index contributed by atoms with van der Waals surface area (Å²) in [6, 6.07) is 6.25. The predicted octanol–water partition coefficient (Wildman–Crippen LogP) is 0.833. The van der Waals surface area contributed by atoms with Crippen molar-refractivity contribution in [3.63, 3.8) is 0 Å². The van der Waals surface area contributed by atoms with Gasteiger partial charge in [0.15, 0.2) is 0 Å². The lowest BCUT2D eigenvalue weighted by molar-refractivity contribution is -0.108. The molecule has 16 heavy (non-hydrogen) atoms. The second kappa shape index (κ2) is 4.22. The summed E-state index contributed by atoms with van der Waals surface area (Å²) < 4.78 is 0. The summed E-state index contributed by atoms with van der Waals surface area (Å²) in [5.74, 6) is 0.167. The lowest BCUT2D eigenvalue weighted by atomic mass is 10.3. The van der Waals surface area contributed by atoms with E-state index in [1.807, 2.05) is 0 Å². The molecule has 2 amide bonds. The van der Waals surface area contributed by atoms with Crippen molar-refractivity contribution in [2.24, 2.45) is 0 Å². The zero-order chi connectivity index (χ0) is 11.5. The van der Waals surface area contributed by atoms with E-state index in [9.17, 15) is 9.59 Å². The summed E-state index contributed by atoms with van der Waals surface area (Å²) in [5.41, 5.74) is 0.733. The Balaban J connectivity index is 2.15. The number of hydrogen-bond donors (Lipinski definition) is 1. The van der Waals surface area contributed by atoms with Gasteiger partial charge in [0.1, 0.15) is 12.0 Å². The van der Waals surface area contributed by atoms with Crippen LogP contribution in [-0.2, 0) is 4.79 Å². The van der Waals surface area contributed by atoms with Crippen LogP contribution in [0.25, 0.3) is 0 Å². The van der Waals surface area contributed by atoms with Crippen molar-refractivity contribution in [1.82, 2.24) is 4.90 Å². The van der Waals surface area contributed by atoms with E-state index in [-0.39, 0.29) is 18.3 Å². The number of carbonyl (C=O) groups is 2. The Kier molecular flexibility index (Phi) is 2.76. The van der Waals surface area contributed by atoms with Crippen LogP contribution in [0.5, 0.6) is 5.75 Å². The standard InChI is InChI=1S/C11H12N2O3/c14-8-7-12-5-6-13(11(12)16)9-1-3-10(15)4-2-9/h1-4,8,15H,5-7H2. The van der Waals surface area contributed by atoms with Crippen molar-refractivity contribution in [2.75, 3.05) is 24.5 Å². The Morgan fingerprint density at radius 1 is 1.25 bits per heavy atom. The van der Waals surface area contributed by atoms with Crippen LogP contribution >= 0.6 is 0 Å². The van der Waals surface area contributed by atoms with Crippen molar-refractivity contribution in [2.45, 2.75) is 0 Å². The summed E-state index contributed by atoms with van der Waals surface area (Å²) in [5, 5.41) is 9.14. The maximum absolute atomic E-state index is 11.8. The van der Waals surface area contributed by atoms with Gasteiger partial charge in [-0.1, -0.05) is 0 Å². The van der Waals surface area contributed by atoms with Crippen molar-refractivity contribution < 1.29 is 14.7 Å². The number of aldehydes is 1. The highest BCUT2D eigenvalue weighted by Gasteiger charge is 2.28. The highest BCUT2D eigenvalue weighted by atomic mass is 16.3. The Morgan fingerprint density at radius 3 is 2.56 bits per heavy atom. The number of anilines is 1. The van der Waals surface area contributed by atoms with Crippen molar-refractivity contribution in [1.29, 1.82) is 0 Å². The normalized spacial score (nSPS) is 15.6. The fraction of sp³-hybridized carbons (Fsp3) is 0.273. The van der Waals surface area contributed by atoms with Crippen molar-refractivity contribution in [3.05, 3.63) is 24.3 Å². The van der Waals surface area contributed by atoms with Gasteiger partial charge in [0.25, 0.3) is 0 Å². The van der Waals surface area contributed by atoms with Gasteiger partial charge in [0.05, 0.1) is 6.54 Å². The number of nitrogens with zero attached hydrogens (tertiary/aromatic N) is 2. The molecule has 0 saturated carbocycles. The van der Waals surface area contributed by atoms with Gasteiger partial charge >= 0.3 is 6.03 Å². The quantitative estimate of drug-likeness (QED) is 0.767. The summed E-state index contributed by atoms with van der Waals surface area (Å²) in [6.45, 7) is 1.25. The van der Waals surface area contributed by atoms with Crippen molar-refractivity contribution >= 4 is 18.0 Å². The molecule has 1 N–H and O–H groups in total. The summed E-state index contributed by atoms with van der Waals surface area (Å²) in [7, 11) is 0. The molecule has 0 aromatic heterocycles. The largest absolute Gasteiger partial charge is 0.508 e. The molecule has 0 aliphatic carbocycles. The molecule has 1 saturated heterocycles. The fourth-order valence-electron chi connectivity index (χ4n) is 1.71. The molecule has 0 atom stereocenters. The summed E-state index contributed by atoms with van der Waals surface area (Å²) in [6.07, 6.45) is 0.720. The average Bonchev–Trinajstić information content (AvgIpc) is 2.63. The van der Waals surface area contributed by atoms with Crippen LogP contribution in [0.1, 0.15) is 0 Å². The third kappa shape index (κ3) is 1.84. The zero-order valence-corrected chi connectivity index (χ0v) is 8.67. The van der Waals surface area contributed by atoms with E-state index in [1.165, 1.54) is 17.0 Å². The molecule has 1 aliphatic rings. The van der Waals surface area contributed by atoms with Crippen LogP contribution in [0, 0.1) is 0 Å². The molecule has 1 aromatic rings. The molecule has 1 aromatic carbocycles. The molecule has 0 unspecified atom stereocenters. The molecule has 0 bridgehead atoms. The lowest BCUT2D eigenvalue weighted by Crippen LogP contribution is -2.32. The highest BCUT2D eigenvalue weighted by molar-refractivity contribution is 5.95. The summed E-state index contributed by atoms with van der Waals surface area (Å²) in [4.78, 5) is 25.2. The third-order valence-electron chi connectivity index (χ3n) is 2.55. The maximum Gasteiger partial charge on any atom is 0.324 e. The van der Waals surface area contributed by atoms with Crippen LogP contribution in [-0.4, -0.2) is 42.0 Å². The van der Waals surface area contributed by atoms with Gasteiger partial charge in [0.2, 0.25) is 0 Å². The first kappa shape index (κ1) is 10.5. The maximum atomic E-state index is 11.8. The zero-order valence-electron chi connectivity index (χ0n) is 8.67. The minimum Gasteiger partial charge on any atom is -0.508 e. The molecular weight excluding hydrogens is 208 g/mol. The van der Waals surface area contributed by atoms with E-state index in [4.69, 9.17) is 5.11 Å². The molecule has 84 valence electrons. The third-order valence-corrected chi connectivity index (χ3v) is 2.55. The number of rotatable bonds is 3. The second-order valence-corrected chi connectivity index (χ2v) is 3.56. The number of aromatic hydroxyl groups is 1. The Hall–Kier alpha value is -2.04. The van der Waals surface area contributed by atoms with Gasteiger partial charge in [-0.05, 0) is 24.3 Å². The van der Waals surface area contributed by atoms with E-state index in [2.05, 4.69) is 0 Å². The van der Waals surface area contributed by atoms with Crippen LogP contribution in [0.15, 0.2) is 24.3 Å². The Bertz CT molecular complexity index is 402. The molecule has 0 spiro atoms. The first-order chi connectivity index (χ1) is 7.72. The monoisotopic (exact) mass is 220 g/mol. The number of phenols is 1. The number of urea groups is 1. The smallest absolute Gasteiger partial charge is 0.324 e.